The lowest BCUT2D eigenvalue weighted by atomic mass is 9.83. The van der Waals surface area contributed by atoms with Crippen molar-refractivity contribution in [3.63, 3.8) is 0 Å². The van der Waals surface area contributed by atoms with Crippen LogP contribution in [0.5, 0.6) is 0 Å². The summed E-state index contributed by atoms with van der Waals surface area (Å²) in [4.78, 5) is 12.3. The first-order valence-corrected chi connectivity index (χ1v) is 7.08. The molecule has 1 aromatic rings. The highest BCUT2D eigenvalue weighted by atomic mass is 35.5. The largest absolute Gasteiger partial charge is 0.463 e. The van der Waals surface area contributed by atoms with E-state index in [1.54, 1.807) is 38.1 Å². The van der Waals surface area contributed by atoms with E-state index in [0.717, 1.165) is 5.56 Å². The molecule has 114 valence electrons. The van der Waals surface area contributed by atoms with Gasteiger partial charge in [-0.05, 0) is 31.5 Å². The van der Waals surface area contributed by atoms with Crippen LogP contribution in [-0.2, 0) is 14.3 Å². The van der Waals surface area contributed by atoms with E-state index in [0.29, 0.717) is 10.8 Å². The smallest absolute Gasteiger partial charge is 0.338 e. The molecule has 0 aliphatic carbocycles. The van der Waals surface area contributed by atoms with E-state index < -0.39 is 11.9 Å². The minimum atomic E-state index is -0.630. The second-order valence-corrected chi connectivity index (χ2v) is 5.10. The molecule has 0 aromatic heterocycles. The normalized spacial score (nSPS) is 17.8. The van der Waals surface area contributed by atoms with E-state index >= 15 is 0 Å². The van der Waals surface area contributed by atoms with Gasteiger partial charge in [-0.15, -0.1) is 0 Å². The lowest BCUT2D eigenvalue weighted by molar-refractivity contribution is -0.139. The number of hydrogen-bond acceptors (Lipinski definition) is 5. The molecule has 0 spiro atoms. The summed E-state index contributed by atoms with van der Waals surface area (Å²) in [6, 6.07) is 8.89. The van der Waals surface area contributed by atoms with Gasteiger partial charge in [-0.2, -0.15) is 5.26 Å². The van der Waals surface area contributed by atoms with Gasteiger partial charge in [-0.3, -0.25) is 0 Å². The van der Waals surface area contributed by atoms with Crippen LogP contribution in [0.2, 0.25) is 5.02 Å². The fraction of sp³-hybridized carbons (Fsp3) is 0.250. The third-order valence-corrected chi connectivity index (χ3v) is 3.56. The van der Waals surface area contributed by atoms with Crippen molar-refractivity contribution >= 4 is 17.6 Å². The summed E-state index contributed by atoms with van der Waals surface area (Å²) in [6.07, 6.45) is 0. The van der Waals surface area contributed by atoms with Crippen LogP contribution in [0.3, 0.4) is 0 Å². The van der Waals surface area contributed by atoms with Crippen LogP contribution >= 0.6 is 11.6 Å². The van der Waals surface area contributed by atoms with Crippen molar-refractivity contribution in [2.24, 2.45) is 5.73 Å². The molecule has 1 atom stereocenters. The summed E-state index contributed by atoms with van der Waals surface area (Å²) in [7, 11) is 0. The van der Waals surface area contributed by atoms with E-state index in [4.69, 9.17) is 26.8 Å². The summed E-state index contributed by atoms with van der Waals surface area (Å²) in [5, 5.41) is 9.95. The number of nitriles is 1. The summed E-state index contributed by atoms with van der Waals surface area (Å²) in [6.45, 7) is 3.56. The molecule has 5 nitrogen and oxygen atoms in total. The second kappa shape index (κ2) is 6.54. The van der Waals surface area contributed by atoms with Crippen molar-refractivity contribution in [1.29, 1.82) is 5.26 Å². The average Bonchev–Trinajstić information content (AvgIpc) is 2.47. The number of hydrogen-bond donors (Lipinski definition) is 1. The number of ether oxygens (including phenoxy) is 2. The Morgan fingerprint density at radius 3 is 2.64 bits per heavy atom. The molecule has 0 unspecified atom stereocenters. The zero-order chi connectivity index (χ0) is 16.3. The van der Waals surface area contributed by atoms with E-state index in [1.165, 1.54) is 0 Å². The topological polar surface area (TPSA) is 85.3 Å². The van der Waals surface area contributed by atoms with Gasteiger partial charge in [0, 0.05) is 5.02 Å². The summed E-state index contributed by atoms with van der Waals surface area (Å²) >= 11 is 5.90. The number of benzene rings is 1. The molecular weight excluding hydrogens is 304 g/mol. The van der Waals surface area contributed by atoms with Crippen LogP contribution < -0.4 is 5.73 Å². The quantitative estimate of drug-likeness (QED) is 0.866. The monoisotopic (exact) mass is 318 g/mol. The maximum Gasteiger partial charge on any atom is 0.338 e. The Bertz CT molecular complexity index is 699. The molecular formula is C16H15ClN2O3. The number of carbonyl (C=O) groups is 1. The van der Waals surface area contributed by atoms with Gasteiger partial charge in [0.1, 0.15) is 17.4 Å². The first kappa shape index (κ1) is 15.9. The molecule has 1 heterocycles. The molecule has 0 radical (unpaired) electrons. The highest BCUT2D eigenvalue weighted by Gasteiger charge is 2.36. The first-order chi connectivity index (χ1) is 10.5. The van der Waals surface area contributed by atoms with Gasteiger partial charge in [0.15, 0.2) is 0 Å². The average molecular weight is 319 g/mol. The molecule has 0 bridgehead atoms. The van der Waals surface area contributed by atoms with Crippen molar-refractivity contribution in [1.82, 2.24) is 0 Å². The molecule has 0 saturated heterocycles. The van der Waals surface area contributed by atoms with Crippen LogP contribution in [0.15, 0.2) is 47.1 Å². The highest BCUT2D eigenvalue weighted by Crippen LogP contribution is 2.39. The van der Waals surface area contributed by atoms with Gasteiger partial charge in [-0.25, -0.2) is 4.79 Å². The molecule has 1 aliphatic heterocycles. The Morgan fingerprint density at radius 1 is 1.45 bits per heavy atom. The van der Waals surface area contributed by atoms with Crippen molar-refractivity contribution < 1.29 is 14.3 Å². The minimum Gasteiger partial charge on any atom is -0.463 e. The molecule has 0 saturated carbocycles. The fourth-order valence-electron chi connectivity index (χ4n) is 2.34. The van der Waals surface area contributed by atoms with Gasteiger partial charge in [-0.1, -0.05) is 23.7 Å². The van der Waals surface area contributed by atoms with Crippen LogP contribution in [0.4, 0.5) is 0 Å². The third kappa shape index (κ3) is 2.92. The molecule has 1 aliphatic rings. The minimum absolute atomic E-state index is 0.00648. The third-order valence-electron chi connectivity index (χ3n) is 3.30. The van der Waals surface area contributed by atoms with Gasteiger partial charge in [0.2, 0.25) is 5.88 Å². The second-order valence-electron chi connectivity index (χ2n) is 4.67. The maximum atomic E-state index is 12.3. The van der Waals surface area contributed by atoms with E-state index in [1.807, 2.05) is 6.07 Å². The van der Waals surface area contributed by atoms with Gasteiger partial charge in [0.05, 0.1) is 18.1 Å². The fourth-order valence-corrected chi connectivity index (χ4v) is 2.47. The van der Waals surface area contributed by atoms with Crippen molar-refractivity contribution in [2.75, 3.05) is 6.61 Å². The SMILES string of the molecule is CCOC(=O)C1=C(C)OC(N)=C(C#N)[C@H]1c1ccc(Cl)cc1. The van der Waals surface area contributed by atoms with E-state index in [9.17, 15) is 10.1 Å². The summed E-state index contributed by atoms with van der Waals surface area (Å²) < 4.78 is 10.4. The van der Waals surface area contributed by atoms with Gasteiger partial charge < -0.3 is 15.2 Å². The standard InChI is InChI=1S/C16H15ClN2O3/c1-3-21-16(20)13-9(2)22-15(19)12(8-18)14(13)10-4-6-11(17)7-5-10/h4-7,14H,3,19H2,1-2H3/t14-/m1/s1. The molecule has 2 rings (SSSR count). The predicted octanol–water partition coefficient (Wildman–Crippen LogP) is 2.98. The summed E-state index contributed by atoms with van der Waals surface area (Å²) in [5.74, 6) is -0.835. The lowest BCUT2D eigenvalue weighted by Gasteiger charge is -2.26. The highest BCUT2D eigenvalue weighted by molar-refractivity contribution is 6.30. The Kier molecular flexibility index (Phi) is 4.74. The van der Waals surface area contributed by atoms with Crippen LogP contribution in [0.1, 0.15) is 25.3 Å². The molecule has 22 heavy (non-hydrogen) atoms. The van der Waals surface area contributed by atoms with Crippen molar-refractivity contribution in [3.8, 4) is 6.07 Å². The molecule has 1 aromatic carbocycles. The molecule has 6 heteroatoms. The van der Waals surface area contributed by atoms with E-state index in [-0.39, 0.29) is 23.6 Å². The van der Waals surface area contributed by atoms with Crippen LogP contribution in [0.25, 0.3) is 0 Å². The van der Waals surface area contributed by atoms with Crippen LogP contribution in [-0.4, -0.2) is 12.6 Å². The number of carbonyl (C=O) groups excluding carboxylic acids is 1. The zero-order valence-corrected chi connectivity index (χ0v) is 13.0. The number of rotatable bonds is 3. The van der Waals surface area contributed by atoms with Gasteiger partial charge in [0.25, 0.3) is 0 Å². The number of nitrogens with two attached hydrogens (primary N) is 1. The van der Waals surface area contributed by atoms with Crippen molar-refractivity contribution in [3.05, 3.63) is 57.6 Å². The van der Waals surface area contributed by atoms with Crippen molar-refractivity contribution in [2.45, 2.75) is 19.8 Å². The number of esters is 1. The number of nitrogens with zero attached hydrogens (tertiary/aromatic N) is 1. The van der Waals surface area contributed by atoms with Gasteiger partial charge >= 0.3 is 5.97 Å². The Hall–Kier alpha value is -2.45. The number of allylic oxidation sites excluding steroid dienone is 2. The zero-order valence-electron chi connectivity index (χ0n) is 12.2. The molecule has 0 amide bonds. The maximum absolute atomic E-state index is 12.3. The number of halogens is 1. The van der Waals surface area contributed by atoms with E-state index in [2.05, 4.69) is 0 Å². The lowest BCUT2D eigenvalue weighted by Crippen LogP contribution is -2.25. The van der Waals surface area contributed by atoms with Crippen LogP contribution in [0, 0.1) is 11.3 Å². The Labute approximate surface area is 133 Å². The molecule has 0 fully saturated rings. The molecule has 2 N–H and O–H groups in total. The first-order valence-electron chi connectivity index (χ1n) is 6.70. The predicted molar refractivity (Wildman–Crippen MR) is 81.4 cm³/mol. The summed E-state index contributed by atoms with van der Waals surface area (Å²) in [5.41, 5.74) is 6.96. The Balaban J connectivity index is 2.59. The Morgan fingerprint density at radius 2 is 2.09 bits per heavy atom.